The Balaban J connectivity index is 1.78. The fourth-order valence-corrected chi connectivity index (χ4v) is 2.94. The molecular formula is C16H21BrFNO2. The Morgan fingerprint density at radius 2 is 1.90 bits per heavy atom. The zero-order chi connectivity index (χ0) is 15.1. The number of carbonyl (C=O) groups excluding carboxylic acids is 1. The second-order valence-electron chi connectivity index (χ2n) is 5.47. The molecule has 1 N–H and O–H groups in total. The highest BCUT2D eigenvalue weighted by Gasteiger charge is 2.15. The third-order valence-corrected chi connectivity index (χ3v) is 4.22. The van der Waals surface area contributed by atoms with E-state index in [9.17, 15) is 9.18 Å². The van der Waals surface area contributed by atoms with Gasteiger partial charge in [0.15, 0.2) is 18.2 Å². The molecule has 1 aliphatic rings. The van der Waals surface area contributed by atoms with Crippen molar-refractivity contribution in [3.05, 3.63) is 28.5 Å². The van der Waals surface area contributed by atoms with Gasteiger partial charge in [-0.05, 0) is 31.0 Å². The Hall–Kier alpha value is -1.10. The van der Waals surface area contributed by atoms with Crippen LogP contribution in [-0.4, -0.2) is 18.6 Å². The molecule has 2 rings (SSSR count). The summed E-state index contributed by atoms with van der Waals surface area (Å²) in [5, 5.41) is 2.99. The van der Waals surface area contributed by atoms with Gasteiger partial charge in [0, 0.05) is 10.5 Å². The van der Waals surface area contributed by atoms with Crippen molar-refractivity contribution in [1.29, 1.82) is 0 Å². The van der Waals surface area contributed by atoms with Crippen LogP contribution in [0.1, 0.15) is 44.9 Å². The highest BCUT2D eigenvalue weighted by molar-refractivity contribution is 9.10. The molecule has 5 heteroatoms. The summed E-state index contributed by atoms with van der Waals surface area (Å²) in [7, 11) is 0. The predicted octanol–water partition coefficient (Wildman–Crippen LogP) is 4.20. The molecule has 0 bridgehead atoms. The molecule has 1 aromatic rings. The summed E-state index contributed by atoms with van der Waals surface area (Å²) in [6.07, 6.45) is 8.16. The van der Waals surface area contributed by atoms with Crippen molar-refractivity contribution in [3.63, 3.8) is 0 Å². The number of halogens is 2. The first kappa shape index (κ1) is 16.3. The van der Waals surface area contributed by atoms with E-state index in [0.717, 1.165) is 25.7 Å². The zero-order valence-electron chi connectivity index (χ0n) is 12.0. The highest BCUT2D eigenvalue weighted by atomic mass is 79.9. The monoisotopic (exact) mass is 357 g/mol. The van der Waals surface area contributed by atoms with Crippen LogP contribution in [0.3, 0.4) is 0 Å². The molecule has 0 saturated heterocycles. The molecule has 1 aliphatic carbocycles. The molecule has 0 heterocycles. The lowest BCUT2D eigenvalue weighted by Gasteiger charge is -2.21. The van der Waals surface area contributed by atoms with Crippen LogP contribution in [0.25, 0.3) is 0 Å². The lowest BCUT2D eigenvalue weighted by molar-refractivity contribution is -0.124. The molecule has 0 radical (unpaired) electrons. The number of amides is 1. The third kappa shape index (κ3) is 5.65. The molecule has 3 nitrogen and oxygen atoms in total. The summed E-state index contributed by atoms with van der Waals surface area (Å²) >= 11 is 3.18. The predicted molar refractivity (Wildman–Crippen MR) is 83.8 cm³/mol. The average molecular weight is 358 g/mol. The molecular weight excluding hydrogens is 337 g/mol. The van der Waals surface area contributed by atoms with E-state index in [1.165, 1.54) is 31.4 Å². The number of benzene rings is 1. The summed E-state index contributed by atoms with van der Waals surface area (Å²) < 4.78 is 19.5. The molecule has 0 aromatic heterocycles. The minimum atomic E-state index is -0.469. The summed E-state index contributed by atoms with van der Waals surface area (Å²) in [6.45, 7) is -0.144. The van der Waals surface area contributed by atoms with Crippen LogP contribution in [0, 0.1) is 5.82 Å². The van der Waals surface area contributed by atoms with Gasteiger partial charge in [0.05, 0.1) is 0 Å². The van der Waals surface area contributed by atoms with E-state index in [4.69, 9.17) is 4.74 Å². The Morgan fingerprint density at radius 3 is 2.57 bits per heavy atom. The molecule has 116 valence electrons. The van der Waals surface area contributed by atoms with Crippen LogP contribution in [0.4, 0.5) is 4.39 Å². The van der Waals surface area contributed by atoms with Crippen molar-refractivity contribution in [2.75, 3.05) is 6.61 Å². The molecule has 0 spiro atoms. The van der Waals surface area contributed by atoms with Crippen molar-refractivity contribution in [2.45, 2.75) is 51.0 Å². The Kier molecular flexibility index (Phi) is 6.49. The first-order valence-electron chi connectivity index (χ1n) is 7.52. The zero-order valence-corrected chi connectivity index (χ0v) is 13.6. The summed E-state index contributed by atoms with van der Waals surface area (Å²) in [6, 6.07) is 4.76. The third-order valence-electron chi connectivity index (χ3n) is 3.72. The minimum Gasteiger partial charge on any atom is -0.481 e. The van der Waals surface area contributed by atoms with Gasteiger partial charge < -0.3 is 10.1 Å². The van der Waals surface area contributed by atoms with Crippen LogP contribution in [-0.2, 0) is 4.79 Å². The maximum atomic E-state index is 13.6. The molecule has 1 amide bonds. The van der Waals surface area contributed by atoms with Crippen molar-refractivity contribution in [3.8, 4) is 5.75 Å². The van der Waals surface area contributed by atoms with Crippen LogP contribution in [0.15, 0.2) is 22.7 Å². The van der Waals surface area contributed by atoms with E-state index in [1.54, 1.807) is 6.07 Å². The van der Waals surface area contributed by atoms with Crippen LogP contribution in [0.2, 0.25) is 0 Å². The van der Waals surface area contributed by atoms with E-state index in [2.05, 4.69) is 21.2 Å². The van der Waals surface area contributed by atoms with Crippen molar-refractivity contribution in [2.24, 2.45) is 0 Å². The first-order valence-corrected chi connectivity index (χ1v) is 8.31. The second-order valence-corrected chi connectivity index (χ2v) is 6.39. The van der Waals surface area contributed by atoms with Crippen molar-refractivity contribution < 1.29 is 13.9 Å². The molecule has 1 saturated carbocycles. The van der Waals surface area contributed by atoms with Gasteiger partial charge in [-0.3, -0.25) is 4.79 Å². The van der Waals surface area contributed by atoms with Gasteiger partial charge in [-0.15, -0.1) is 0 Å². The maximum Gasteiger partial charge on any atom is 0.258 e. The number of carbonyl (C=O) groups is 1. The highest BCUT2D eigenvalue weighted by Crippen LogP contribution is 2.21. The van der Waals surface area contributed by atoms with E-state index in [-0.39, 0.29) is 24.3 Å². The summed E-state index contributed by atoms with van der Waals surface area (Å²) in [4.78, 5) is 11.9. The SMILES string of the molecule is O=C(COc1ccc(Br)cc1F)NC1CCCCCCC1. The molecule has 0 unspecified atom stereocenters. The molecule has 21 heavy (non-hydrogen) atoms. The van der Waals surface area contributed by atoms with Crippen LogP contribution < -0.4 is 10.1 Å². The average Bonchev–Trinajstić information content (AvgIpc) is 2.41. The Labute approximate surface area is 133 Å². The number of rotatable bonds is 4. The van der Waals surface area contributed by atoms with E-state index in [1.807, 2.05) is 0 Å². The van der Waals surface area contributed by atoms with Gasteiger partial charge in [0.1, 0.15) is 0 Å². The topological polar surface area (TPSA) is 38.3 Å². The number of ether oxygens (including phenoxy) is 1. The van der Waals surface area contributed by atoms with Gasteiger partial charge in [-0.25, -0.2) is 4.39 Å². The lowest BCUT2D eigenvalue weighted by Crippen LogP contribution is -2.38. The van der Waals surface area contributed by atoms with Crippen molar-refractivity contribution >= 4 is 21.8 Å². The van der Waals surface area contributed by atoms with Gasteiger partial charge in [-0.2, -0.15) is 0 Å². The van der Waals surface area contributed by atoms with E-state index >= 15 is 0 Å². The van der Waals surface area contributed by atoms with Crippen molar-refractivity contribution in [1.82, 2.24) is 5.32 Å². The fraction of sp³-hybridized carbons (Fsp3) is 0.562. The summed E-state index contributed by atoms with van der Waals surface area (Å²) in [5.41, 5.74) is 0. The molecule has 1 fully saturated rings. The van der Waals surface area contributed by atoms with Gasteiger partial charge in [0.25, 0.3) is 5.91 Å². The Morgan fingerprint density at radius 1 is 1.24 bits per heavy atom. The largest absolute Gasteiger partial charge is 0.481 e. The maximum absolute atomic E-state index is 13.6. The number of nitrogens with one attached hydrogen (secondary N) is 1. The van der Waals surface area contributed by atoms with E-state index in [0.29, 0.717) is 4.47 Å². The minimum absolute atomic E-state index is 0.103. The normalized spacial score (nSPS) is 16.9. The molecule has 0 aliphatic heterocycles. The van der Waals surface area contributed by atoms with Gasteiger partial charge in [-0.1, -0.05) is 48.0 Å². The fourth-order valence-electron chi connectivity index (χ4n) is 2.61. The van der Waals surface area contributed by atoms with Gasteiger partial charge in [0.2, 0.25) is 0 Å². The van der Waals surface area contributed by atoms with Crippen LogP contribution >= 0.6 is 15.9 Å². The standard InChI is InChI=1S/C16H21BrFNO2/c17-12-8-9-15(14(18)10-12)21-11-16(20)19-13-6-4-2-1-3-5-7-13/h8-10,13H,1-7,11H2,(H,19,20). The first-order chi connectivity index (χ1) is 10.1. The second kappa shape index (κ2) is 8.37. The molecule has 0 atom stereocenters. The van der Waals surface area contributed by atoms with Gasteiger partial charge >= 0.3 is 0 Å². The number of hydrogen-bond donors (Lipinski definition) is 1. The molecule has 1 aromatic carbocycles. The quantitative estimate of drug-likeness (QED) is 0.876. The lowest BCUT2D eigenvalue weighted by atomic mass is 9.97. The number of hydrogen-bond acceptors (Lipinski definition) is 2. The van der Waals surface area contributed by atoms with E-state index < -0.39 is 5.82 Å². The Bertz CT molecular complexity index is 473. The van der Waals surface area contributed by atoms with Crippen LogP contribution in [0.5, 0.6) is 5.75 Å². The smallest absolute Gasteiger partial charge is 0.258 e. The summed E-state index contributed by atoms with van der Waals surface area (Å²) in [5.74, 6) is -0.544.